The fraction of sp³-hybridized carbons (Fsp3) is 0.727. The van der Waals surface area contributed by atoms with Gasteiger partial charge in [0.05, 0.1) is 23.9 Å². The summed E-state index contributed by atoms with van der Waals surface area (Å²) in [6, 6.07) is 0. The number of ether oxygens (including phenoxy) is 1. The second kappa shape index (κ2) is 7.73. The van der Waals surface area contributed by atoms with Gasteiger partial charge in [-0.15, -0.1) is 11.3 Å². The normalized spacial score (nSPS) is 11.2. The summed E-state index contributed by atoms with van der Waals surface area (Å²) in [6.45, 7) is 6.27. The number of nitrogens with zero attached hydrogens (tertiary/aromatic N) is 2. The SMILES string of the molecule is Cc1nc(CNCCOCCN(C)C)cs1. The van der Waals surface area contributed by atoms with E-state index >= 15 is 0 Å². The Balaban J connectivity index is 1.92. The maximum atomic E-state index is 5.47. The van der Waals surface area contributed by atoms with E-state index in [0.29, 0.717) is 0 Å². The van der Waals surface area contributed by atoms with Gasteiger partial charge in [0.2, 0.25) is 0 Å². The van der Waals surface area contributed by atoms with E-state index in [4.69, 9.17) is 4.74 Å². The maximum Gasteiger partial charge on any atom is 0.0897 e. The smallest absolute Gasteiger partial charge is 0.0897 e. The Morgan fingerprint density at radius 3 is 2.88 bits per heavy atom. The van der Waals surface area contributed by atoms with Gasteiger partial charge in [-0.05, 0) is 21.0 Å². The fourth-order valence-corrected chi connectivity index (χ4v) is 1.81. The summed E-state index contributed by atoms with van der Waals surface area (Å²) < 4.78 is 5.47. The van der Waals surface area contributed by atoms with Crippen LogP contribution in [0.3, 0.4) is 0 Å². The van der Waals surface area contributed by atoms with Gasteiger partial charge < -0.3 is 15.0 Å². The van der Waals surface area contributed by atoms with Crippen LogP contribution in [0.4, 0.5) is 0 Å². The van der Waals surface area contributed by atoms with Crippen molar-refractivity contribution in [1.29, 1.82) is 0 Å². The molecule has 0 aliphatic rings. The highest BCUT2D eigenvalue weighted by atomic mass is 32.1. The molecule has 0 bridgehead atoms. The summed E-state index contributed by atoms with van der Waals surface area (Å²) in [5.41, 5.74) is 1.12. The van der Waals surface area contributed by atoms with Crippen molar-refractivity contribution in [3.8, 4) is 0 Å². The van der Waals surface area contributed by atoms with E-state index in [-0.39, 0.29) is 0 Å². The zero-order valence-electron chi connectivity index (χ0n) is 10.3. The second-order valence-corrected chi connectivity index (χ2v) is 5.01. The molecule has 4 nitrogen and oxygen atoms in total. The van der Waals surface area contributed by atoms with Gasteiger partial charge in [0.1, 0.15) is 0 Å². The number of likely N-dealkylation sites (N-methyl/N-ethyl adjacent to an activating group) is 1. The quantitative estimate of drug-likeness (QED) is 0.694. The van der Waals surface area contributed by atoms with Gasteiger partial charge >= 0.3 is 0 Å². The third-order valence-corrected chi connectivity index (χ3v) is 2.90. The summed E-state index contributed by atoms with van der Waals surface area (Å²) in [4.78, 5) is 6.49. The van der Waals surface area contributed by atoms with Crippen molar-refractivity contribution in [3.63, 3.8) is 0 Å². The Morgan fingerprint density at radius 1 is 1.44 bits per heavy atom. The molecule has 0 amide bonds. The molecule has 1 aromatic rings. The average molecular weight is 243 g/mol. The minimum absolute atomic E-state index is 0.761. The Morgan fingerprint density at radius 2 is 2.25 bits per heavy atom. The van der Waals surface area contributed by atoms with Gasteiger partial charge in [-0.25, -0.2) is 4.98 Å². The first-order valence-corrected chi connectivity index (χ1v) is 6.40. The lowest BCUT2D eigenvalue weighted by Gasteiger charge is -2.09. The number of aromatic nitrogens is 1. The monoisotopic (exact) mass is 243 g/mol. The molecule has 5 heteroatoms. The molecular formula is C11H21N3OS. The van der Waals surface area contributed by atoms with Gasteiger partial charge in [-0.1, -0.05) is 0 Å². The largest absolute Gasteiger partial charge is 0.379 e. The van der Waals surface area contributed by atoms with Crippen LogP contribution in [0.25, 0.3) is 0 Å². The number of hydrogen-bond acceptors (Lipinski definition) is 5. The van der Waals surface area contributed by atoms with Crippen LogP contribution in [-0.4, -0.2) is 50.3 Å². The standard InChI is InChI=1S/C11H21N3OS/c1-10-13-11(9-16-10)8-12-4-6-15-7-5-14(2)3/h9,12H,4-8H2,1-3H3. The summed E-state index contributed by atoms with van der Waals surface area (Å²) >= 11 is 1.69. The van der Waals surface area contributed by atoms with Gasteiger partial charge in [0.15, 0.2) is 0 Å². The molecule has 0 spiro atoms. The van der Waals surface area contributed by atoms with E-state index in [1.54, 1.807) is 11.3 Å². The van der Waals surface area contributed by atoms with Crippen LogP contribution < -0.4 is 5.32 Å². The topological polar surface area (TPSA) is 37.4 Å². The van der Waals surface area contributed by atoms with Crippen molar-refractivity contribution in [2.75, 3.05) is 40.4 Å². The summed E-state index contributed by atoms with van der Waals surface area (Å²) in [7, 11) is 4.10. The molecular weight excluding hydrogens is 222 g/mol. The Bertz CT molecular complexity index is 289. The van der Waals surface area contributed by atoms with Gasteiger partial charge in [0, 0.05) is 25.0 Å². The van der Waals surface area contributed by atoms with Crippen LogP contribution in [0.1, 0.15) is 10.7 Å². The molecule has 92 valence electrons. The fourth-order valence-electron chi connectivity index (χ4n) is 1.20. The number of nitrogens with one attached hydrogen (secondary N) is 1. The van der Waals surface area contributed by atoms with E-state index in [1.807, 2.05) is 21.0 Å². The summed E-state index contributed by atoms with van der Waals surface area (Å²) in [5.74, 6) is 0. The summed E-state index contributed by atoms with van der Waals surface area (Å²) in [6.07, 6.45) is 0. The minimum Gasteiger partial charge on any atom is -0.379 e. The number of rotatable bonds is 8. The molecule has 0 atom stereocenters. The third-order valence-electron chi connectivity index (χ3n) is 2.08. The molecule has 0 aromatic carbocycles. The average Bonchev–Trinajstić information content (AvgIpc) is 2.62. The lowest BCUT2D eigenvalue weighted by Crippen LogP contribution is -2.23. The van der Waals surface area contributed by atoms with Crippen molar-refractivity contribution >= 4 is 11.3 Å². The minimum atomic E-state index is 0.761. The van der Waals surface area contributed by atoms with Gasteiger partial charge in [0.25, 0.3) is 0 Å². The maximum absolute atomic E-state index is 5.47. The van der Waals surface area contributed by atoms with Crippen molar-refractivity contribution in [1.82, 2.24) is 15.2 Å². The molecule has 1 rings (SSSR count). The molecule has 0 saturated heterocycles. The van der Waals surface area contributed by atoms with Crippen LogP contribution in [0.5, 0.6) is 0 Å². The van der Waals surface area contributed by atoms with E-state index in [9.17, 15) is 0 Å². The first kappa shape index (κ1) is 13.6. The number of aryl methyl sites for hydroxylation is 1. The highest BCUT2D eigenvalue weighted by molar-refractivity contribution is 7.09. The lowest BCUT2D eigenvalue weighted by atomic mass is 10.5. The Labute approximate surface area is 102 Å². The molecule has 1 N–H and O–H groups in total. The molecule has 1 aromatic heterocycles. The molecule has 0 unspecified atom stereocenters. The van der Waals surface area contributed by atoms with Crippen molar-refractivity contribution in [3.05, 3.63) is 16.1 Å². The lowest BCUT2D eigenvalue weighted by molar-refractivity contribution is 0.119. The van der Waals surface area contributed by atoms with Crippen molar-refractivity contribution in [2.45, 2.75) is 13.5 Å². The molecule has 1 heterocycles. The molecule has 0 aliphatic heterocycles. The summed E-state index contributed by atoms with van der Waals surface area (Å²) in [5, 5.41) is 6.53. The van der Waals surface area contributed by atoms with Crippen LogP contribution >= 0.6 is 11.3 Å². The first-order chi connectivity index (χ1) is 7.68. The Kier molecular flexibility index (Phi) is 6.56. The molecule has 0 radical (unpaired) electrons. The van der Waals surface area contributed by atoms with Crippen LogP contribution in [0.2, 0.25) is 0 Å². The number of thiazole rings is 1. The second-order valence-electron chi connectivity index (χ2n) is 3.95. The Hall–Kier alpha value is -0.490. The molecule has 0 saturated carbocycles. The number of hydrogen-bond donors (Lipinski definition) is 1. The van der Waals surface area contributed by atoms with Gasteiger partial charge in [-0.2, -0.15) is 0 Å². The predicted molar refractivity (Wildman–Crippen MR) is 67.9 cm³/mol. The first-order valence-electron chi connectivity index (χ1n) is 5.52. The van der Waals surface area contributed by atoms with Crippen LogP contribution in [-0.2, 0) is 11.3 Å². The van der Waals surface area contributed by atoms with Crippen LogP contribution in [0, 0.1) is 6.92 Å². The van der Waals surface area contributed by atoms with E-state index in [2.05, 4.69) is 20.6 Å². The van der Waals surface area contributed by atoms with Crippen molar-refractivity contribution < 1.29 is 4.74 Å². The van der Waals surface area contributed by atoms with Crippen LogP contribution in [0.15, 0.2) is 5.38 Å². The van der Waals surface area contributed by atoms with Gasteiger partial charge in [-0.3, -0.25) is 0 Å². The van der Waals surface area contributed by atoms with E-state index in [1.165, 1.54) is 0 Å². The zero-order valence-corrected chi connectivity index (χ0v) is 11.1. The third kappa shape index (κ3) is 6.17. The predicted octanol–water partition coefficient (Wildman–Crippen LogP) is 1.12. The molecule has 16 heavy (non-hydrogen) atoms. The highest BCUT2D eigenvalue weighted by Gasteiger charge is 1.97. The molecule has 0 fully saturated rings. The molecule has 0 aliphatic carbocycles. The van der Waals surface area contributed by atoms with E-state index in [0.717, 1.165) is 43.5 Å². The highest BCUT2D eigenvalue weighted by Crippen LogP contribution is 2.06. The van der Waals surface area contributed by atoms with Crippen molar-refractivity contribution in [2.24, 2.45) is 0 Å². The zero-order chi connectivity index (χ0) is 11.8. The van der Waals surface area contributed by atoms with E-state index < -0.39 is 0 Å².